The summed E-state index contributed by atoms with van der Waals surface area (Å²) in [6.07, 6.45) is 0. The highest BCUT2D eigenvalue weighted by molar-refractivity contribution is 5.74. The lowest BCUT2D eigenvalue weighted by atomic mass is 10.2. The van der Waals surface area contributed by atoms with E-state index in [4.69, 9.17) is 5.73 Å². The Labute approximate surface area is 124 Å². The molecule has 3 aromatic rings. The van der Waals surface area contributed by atoms with Gasteiger partial charge in [0.25, 0.3) is 0 Å². The minimum absolute atomic E-state index is 0.143. The van der Waals surface area contributed by atoms with Crippen molar-refractivity contribution in [2.75, 3.05) is 0 Å². The minimum atomic E-state index is -0.557. The van der Waals surface area contributed by atoms with Crippen LogP contribution in [0.15, 0.2) is 24.3 Å². The topological polar surface area (TPSA) is 115 Å². The molecule has 22 heavy (non-hydrogen) atoms. The molecule has 0 radical (unpaired) electrons. The highest BCUT2D eigenvalue weighted by Crippen LogP contribution is 2.22. The molecule has 0 aliphatic carbocycles. The first-order valence-corrected chi connectivity index (χ1v) is 6.41. The van der Waals surface area contributed by atoms with Gasteiger partial charge < -0.3 is 5.73 Å². The number of H-pyrrole nitrogens is 1. The van der Waals surface area contributed by atoms with Gasteiger partial charge in [-0.1, -0.05) is 0 Å². The number of nitrogens with one attached hydrogen (secondary N) is 1. The Morgan fingerprint density at radius 2 is 2.05 bits per heavy atom. The average molecular weight is 301 g/mol. The standard InChI is InChI=1S/C13H12FN7O/c1-7-11(18-20-17-7)13-16-12(19-21(13)6-10(15)22)8-2-4-9(14)5-3-8/h2-5H,6H2,1H3,(H2,15,22)(H,17,18,20). The molecule has 0 atom stereocenters. The number of nitrogens with two attached hydrogens (primary N) is 1. The molecule has 9 heteroatoms. The fourth-order valence-electron chi connectivity index (χ4n) is 1.99. The van der Waals surface area contributed by atoms with Crippen molar-refractivity contribution in [3.05, 3.63) is 35.8 Å². The molecule has 0 fully saturated rings. The van der Waals surface area contributed by atoms with Gasteiger partial charge in [-0.2, -0.15) is 15.4 Å². The second kappa shape index (κ2) is 5.35. The number of halogens is 1. The fourth-order valence-corrected chi connectivity index (χ4v) is 1.99. The van der Waals surface area contributed by atoms with E-state index in [1.54, 1.807) is 19.1 Å². The van der Waals surface area contributed by atoms with Gasteiger partial charge in [-0.15, -0.1) is 5.10 Å². The number of carbonyl (C=O) groups is 1. The summed E-state index contributed by atoms with van der Waals surface area (Å²) < 4.78 is 14.4. The Morgan fingerprint density at radius 1 is 1.32 bits per heavy atom. The van der Waals surface area contributed by atoms with Crippen molar-refractivity contribution >= 4 is 5.91 Å². The second-order valence-corrected chi connectivity index (χ2v) is 4.65. The molecule has 0 aliphatic heterocycles. The summed E-state index contributed by atoms with van der Waals surface area (Å²) in [5, 5.41) is 14.7. The van der Waals surface area contributed by atoms with Gasteiger partial charge in [0, 0.05) is 5.56 Å². The molecule has 2 heterocycles. The maximum absolute atomic E-state index is 13.0. The third kappa shape index (κ3) is 2.55. The van der Waals surface area contributed by atoms with E-state index in [0.717, 1.165) is 0 Å². The lowest BCUT2D eigenvalue weighted by molar-refractivity contribution is -0.118. The summed E-state index contributed by atoms with van der Waals surface area (Å²) in [4.78, 5) is 15.6. The summed E-state index contributed by atoms with van der Waals surface area (Å²) in [6, 6.07) is 5.73. The minimum Gasteiger partial charge on any atom is -0.368 e. The summed E-state index contributed by atoms with van der Waals surface area (Å²) in [6.45, 7) is 1.61. The smallest absolute Gasteiger partial charge is 0.239 e. The highest BCUT2D eigenvalue weighted by Gasteiger charge is 2.19. The van der Waals surface area contributed by atoms with Crippen molar-refractivity contribution in [3.63, 3.8) is 0 Å². The van der Waals surface area contributed by atoms with Crippen molar-refractivity contribution in [1.82, 2.24) is 30.2 Å². The van der Waals surface area contributed by atoms with E-state index in [-0.39, 0.29) is 12.4 Å². The van der Waals surface area contributed by atoms with Gasteiger partial charge in [-0.05, 0) is 31.2 Å². The Balaban J connectivity index is 2.10. The molecule has 3 rings (SSSR count). The van der Waals surface area contributed by atoms with E-state index < -0.39 is 5.91 Å². The molecule has 112 valence electrons. The van der Waals surface area contributed by atoms with Crippen LogP contribution < -0.4 is 5.73 Å². The van der Waals surface area contributed by atoms with Crippen molar-refractivity contribution < 1.29 is 9.18 Å². The molecule has 8 nitrogen and oxygen atoms in total. The predicted octanol–water partition coefficient (Wildman–Crippen LogP) is 0.663. The number of carbonyl (C=O) groups excluding carboxylic acids is 1. The quantitative estimate of drug-likeness (QED) is 0.734. The molecule has 1 aromatic carbocycles. The first-order chi connectivity index (χ1) is 10.5. The van der Waals surface area contributed by atoms with Crippen molar-refractivity contribution in [2.45, 2.75) is 13.5 Å². The van der Waals surface area contributed by atoms with E-state index in [9.17, 15) is 9.18 Å². The van der Waals surface area contributed by atoms with Crippen LogP contribution in [0.5, 0.6) is 0 Å². The van der Waals surface area contributed by atoms with Crippen LogP contribution in [-0.2, 0) is 11.3 Å². The largest absolute Gasteiger partial charge is 0.368 e. The molecule has 0 spiro atoms. The summed E-state index contributed by atoms with van der Waals surface area (Å²) >= 11 is 0. The zero-order chi connectivity index (χ0) is 15.7. The van der Waals surface area contributed by atoms with Crippen molar-refractivity contribution in [3.8, 4) is 22.9 Å². The third-order valence-corrected chi connectivity index (χ3v) is 3.01. The fraction of sp³-hybridized carbons (Fsp3) is 0.154. The lowest BCUT2D eigenvalue weighted by Crippen LogP contribution is -2.20. The number of rotatable bonds is 4. The molecule has 0 saturated heterocycles. The number of hydrogen-bond donors (Lipinski definition) is 2. The van der Waals surface area contributed by atoms with Crippen LogP contribution >= 0.6 is 0 Å². The normalized spacial score (nSPS) is 10.8. The van der Waals surface area contributed by atoms with Gasteiger partial charge in [0.2, 0.25) is 5.91 Å². The van der Waals surface area contributed by atoms with Gasteiger partial charge in [0.05, 0.1) is 5.69 Å². The first kappa shape index (κ1) is 13.9. The Kier molecular flexibility index (Phi) is 3.37. The number of amides is 1. The third-order valence-electron chi connectivity index (χ3n) is 3.01. The zero-order valence-corrected chi connectivity index (χ0v) is 11.6. The lowest BCUT2D eigenvalue weighted by Gasteiger charge is -2.00. The van der Waals surface area contributed by atoms with E-state index >= 15 is 0 Å². The van der Waals surface area contributed by atoms with Crippen LogP contribution in [0.4, 0.5) is 4.39 Å². The number of aromatic nitrogens is 6. The predicted molar refractivity (Wildman–Crippen MR) is 74.7 cm³/mol. The van der Waals surface area contributed by atoms with Gasteiger partial charge in [0.1, 0.15) is 12.4 Å². The van der Waals surface area contributed by atoms with Gasteiger partial charge in [0.15, 0.2) is 17.3 Å². The number of benzene rings is 1. The van der Waals surface area contributed by atoms with Crippen LogP contribution in [0, 0.1) is 12.7 Å². The van der Waals surface area contributed by atoms with Gasteiger partial charge >= 0.3 is 0 Å². The summed E-state index contributed by atoms with van der Waals surface area (Å²) in [5.74, 6) is -0.200. The number of hydrogen-bond acceptors (Lipinski definition) is 5. The van der Waals surface area contributed by atoms with Crippen LogP contribution in [0.1, 0.15) is 5.69 Å². The highest BCUT2D eigenvalue weighted by atomic mass is 19.1. The van der Waals surface area contributed by atoms with Gasteiger partial charge in [-0.25, -0.2) is 14.1 Å². The maximum Gasteiger partial charge on any atom is 0.239 e. The number of aryl methyl sites for hydroxylation is 1. The molecule has 0 aliphatic rings. The molecule has 0 unspecified atom stereocenters. The first-order valence-electron chi connectivity index (χ1n) is 6.41. The molecule has 0 saturated carbocycles. The number of primary amides is 1. The molecule has 2 aromatic heterocycles. The van der Waals surface area contributed by atoms with Crippen molar-refractivity contribution in [1.29, 1.82) is 0 Å². The molecular weight excluding hydrogens is 289 g/mol. The summed E-state index contributed by atoms with van der Waals surface area (Å²) in [7, 11) is 0. The second-order valence-electron chi connectivity index (χ2n) is 4.65. The zero-order valence-electron chi connectivity index (χ0n) is 11.6. The van der Waals surface area contributed by atoms with E-state index in [1.807, 2.05) is 0 Å². The van der Waals surface area contributed by atoms with Gasteiger partial charge in [-0.3, -0.25) is 4.79 Å². The molecule has 3 N–H and O–H groups in total. The molecule has 1 amide bonds. The molecule has 0 bridgehead atoms. The SMILES string of the molecule is Cc1n[nH]nc1-c1nc(-c2ccc(F)cc2)nn1CC(N)=O. The average Bonchev–Trinajstić information content (AvgIpc) is 3.05. The Bertz CT molecular complexity index is 821. The van der Waals surface area contributed by atoms with Crippen LogP contribution in [-0.4, -0.2) is 36.1 Å². The number of nitrogens with zero attached hydrogens (tertiary/aromatic N) is 5. The maximum atomic E-state index is 13.0. The van der Waals surface area contributed by atoms with Crippen LogP contribution in [0.25, 0.3) is 22.9 Å². The van der Waals surface area contributed by atoms with Crippen LogP contribution in [0.2, 0.25) is 0 Å². The van der Waals surface area contributed by atoms with E-state index in [0.29, 0.717) is 28.6 Å². The number of aromatic amines is 1. The Hall–Kier alpha value is -3.10. The van der Waals surface area contributed by atoms with Crippen LogP contribution in [0.3, 0.4) is 0 Å². The van der Waals surface area contributed by atoms with E-state index in [1.165, 1.54) is 16.8 Å². The van der Waals surface area contributed by atoms with Crippen molar-refractivity contribution in [2.24, 2.45) is 5.73 Å². The molecular formula is C13H12FN7O. The summed E-state index contributed by atoms with van der Waals surface area (Å²) in [5.41, 5.74) is 6.94. The monoisotopic (exact) mass is 301 g/mol. The Morgan fingerprint density at radius 3 is 2.64 bits per heavy atom. The van der Waals surface area contributed by atoms with E-state index in [2.05, 4.69) is 25.5 Å².